The first-order valence-electron chi connectivity index (χ1n) is 7.24. The predicted molar refractivity (Wildman–Crippen MR) is 80.1 cm³/mol. The van der Waals surface area contributed by atoms with Gasteiger partial charge in [-0.3, -0.25) is 4.79 Å². The Hall–Kier alpha value is -1.89. The molecular weight excluding hydrogens is 330 g/mol. The Labute approximate surface area is 136 Å². The summed E-state index contributed by atoms with van der Waals surface area (Å²) in [4.78, 5) is 26.6. The normalized spacial score (nSPS) is 23.9. The fourth-order valence-corrected chi connectivity index (χ4v) is 3.05. The summed E-state index contributed by atoms with van der Waals surface area (Å²) in [5.74, 6) is -1.27. The molecule has 2 saturated heterocycles. The molecule has 2 heterocycles. The summed E-state index contributed by atoms with van der Waals surface area (Å²) in [6, 6.07) is 0.623. The van der Waals surface area contributed by atoms with Crippen LogP contribution in [0.5, 0.6) is 5.75 Å². The van der Waals surface area contributed by atoms with Crippen LogP contribution in [-0.2, 0) is 4.79 Å². The number of ether oxygens (including phenoxy) is 1. The van der Waals surface area contributed by atoms with E-state index >= 15 is 0 Å². The molecule has 2 aliphatic heterocycles. The number of anilines is 1. The molecule has 0 aliphatic carbocycles. The van der Waals surface area contributed by atoms with Gasteiger partial charge < -0.3 is 9.64 Å². The highest BCUT2D eigenvalue weighted by atomic mass is 35.5. The van der Waals surface area contributed by atoms with Gasteiger partial charge in [-0.2, -0.15) is 0 Å². The second kappa shape index (κ2) is 5.63. The Morgan fingerprint density at radius 2 is 2.04 bits per heavy atom. The quantitative estimate of drug-likeness (QED) is 0.791. The average molecular weight is 345 g/mol. The molecule has 0 bridgehead atoms. The predicted octanol–water partition coefficient (Wildman–Crippen LogP) is 3.15. The van der Waals surface area contributed by atoms with Gasteiger partial charge in [0.05, 0.1) is 23.4 Å². The van der Waals surface area contributed by atoms with Crippen LogP contribution >= 0.6 is 11.6 Å². The van der Waals surface area contributed by atoms with Gasteiger partial charge in [0, 0.05) is 12.5 Å². The van der Waals surface area contributed by atoms with Crippen molar-refractivity contribution in [2.45, 2.75) is 38.6 Å². The molecule has 3 rings (SSSR count). The van der Waals surface area contributed by atoms with Crippen molar-refractivity contribution in [2.75, 3.05) is 11.4 Å². The van der Waals surface area contributed by atoms with Crippen molar-refractivity contribution in [3.63, 3.8) is 0 Å². The molecule has 0 N–H and O–H groups in total. The number of imide groups is 1. The molecule has 0 saturated carbocycles. The van der Waals surface area contributed by atoms with Crippen LogP contribution in [0, 0.1) is 5.82 Å². The molecule has 0 unspecified atom stereocenters. The number of carbonyl (C=O) groups is 2. The van der Waals surface area contributed by atoms with Gasteiger partial charge in [-0.25, -0.2) is 18.5 Å². The van der Waals surface area contributed by atoms with Gasteiger partial charge in [0.15, 0.2) is 0 Å². The summed E-state index contributed by atoms with van der Waals surface area (Å²) in [5, 5.41) is 0.0448. The molecule has 2 atom stereocenters. The Kier molecular flexibility index (Phi) is 3.91. The molecule has 0 radical (unpaired) electrons. The minimum Gasteiger partial charge on any atom is -0.489 e. The lowest BCUT2D eigenvalue weighted by atomic mass is 10.2. The van der Waals surface area contributed by atoms with E-state index in [0.717, 1.165) is 15.9 Å². The van der Waals surface area contributed by atoms with Crippen LogP contribution in [0.15, 0.2) is 12.1 Å². The molecular formula is C15H15ClF2N2O3. The fourth-order valence-electron chi connectivity index (χ4n) is 2.86. The highest BCUT2D eigenvalue weighted by Crippen LogP contribution is 2.38. The second-order valence-electron chi connectivity index (χ2n) is 5.86. The lowest BCUT2D eigenvalue weighted by Crippen LogP contribution is -2.35. The van der Waals surface area contributed by atoms with Crippen molar-refractivity contribution in [1.29, 1.82) is 0 Å². The standard InChI is InChI=1S/C15H15ClF2N2O3/c1-7(2)23-13-5-11(10(18)4-9(13)16)20-14(21)12-3-8(17)6-19(12)15(20)22/h4-5,7-8,12H,3,6H2,1-2H3/t8-,12+/m0/s1. The molecule has 23 heavy (non-hydrogen) atoms. The number of nitrogens with zero attached hydrogens (tertiary/aromatic N) is 2. The third-order valence-electron chi connectivity index (χ3n) is 3.80. The number of carbonyl (C=O) groups excluding carboxylic acids is 2. The van der Waals surface area contributed by atoms with Crippen LogP contribution in [0.3, 0.4) is 0 Å². The van der Waals surface area contributed by atoms with Gasteiger partial charge in [-0.1, -0.05) is 11.6 Å². The number of benzene rings is 1. The van der Waals surface area contributed by atoms with Crippen LogP contribution in [0.2, 0.25) is 5.02 Å². The van der Waals surface area contributed by atoms with Crippen LogP contribution in [0.4, 0.5) is 19.3 Å². The molecule has 0 aromatic heterocycles. The smallest absolute Gasteiger partial charge is 0.332 e. The first kappa shape index (κ1) is 16.0. The second-order valence-corrected chi connectivity index (χ2v) is 6.27. The summed E-state index contributed by atoms with van der Waals surface area (Å²) in [5.41, 5.74) is -0.232. The third kappa shape index (κ3) is 2.63. The number of rotatable bonds is 3. The number of halogens is 3. The van der Waals surface area contributed by atoms with E-state index in [0.29, 0.717) is 0 Å². The van der Waals surface area contributed by atoms with E-state index in [4.69, 9.17) is 16.3 Å². The summed E-state index contributed by atoms with van der Waals surface area (Å²) >= 11 is 5.93. The van der Waals surface area contributed by atoms with E-state index in [9.17, 15) is 18.4 Å². The molecule has 2 fully saturated rings. The molecule has 3 amide bonds. The lowest BCUT2D eigenvalue weighted by Gasteiger charge is -2.19. The molecule has 124 valence electrons. The maximum atomic E-state index is 14.2. The van der Waals surface area contributed by atoms with Gasteiger partial charge in [0.25, 0.3) is 5.91 Å². The highest BCUT2D eigenvalue weighted by molar-refractivity contribution is 6.32. The van der Waals surface area contributed by atoms with Crippen LogP contribution in [0.25, 0.3) is 0 Å². The van der Waals surface area contributed by atoms with Gasteiger partial charge in [-0.15, -0.1) is 0 Å². The first-order valence-corrected chi connectivity index (χ1v) is 7.61. The van der Waals surface area contributed by atoms with Crippen molar-refractivity contribution in [1.82, 2.24) is 4.90 Å². The van der Waals surface area contributed by atoms with E-state index in [1.54, 1.807) is 13.8 Å². The summed E-state index contributed by atoms with van der Waals surface area (Å²) < 4.78 is 33.1. The van der Waals surface area contributed by atoms with Crippen molar-refractivity contribution < 1.29 is 23.1 Å². The maximum Gasteiger partial charge on any atom is 0.332 e. The van der Waals surface area contributed by atoms with Crippen LogP contribution in [-0.4, -0.2) is 41.7 Å². The SMILES string of the molecule is CC(C)Oc1cc(N2C(=O)[C@H]3C[C@H](F)CN3C2=O)c(F)cc1Cl. The molecule has 5 nitrogen and oxygen atoms in total. The third-order valence-corrected chi connectivity index (χ3v) is 4.09. The van der Waals surface area contributed by atoms with Crippen molar-refractivity contribution in [3.8, 4) is 5.75 Å². The minimum atomic E-state index is -1.23. The monoisotopic (exact) mass is 344 g/mol. The summed E-state index contributed by atoms with van der Waals surface area (Å²) in [6.07, 6.45) is -1.51. The Balaban J connectivity index is 1.99. The van der Waals surface area contributed by atoms with Gasteiger partial charge in [0.1, 0.15) is 23.8 Å². The first-order chi connectivity index (χ1) is 10.8. The van der Waals surface area contributed by atoms with E-state index < -0.39 is 30.0 Å². The van der Waals surface area contributed by atoms with Gasteiger partial charge in [0.2, 0.25) is 0 Å². The Morgan fingerprint density at radius 1 is 1.35 bits per heavy atom. The zero-order chi connectivity index (χ0) is 16.9. The molecule has 0 spiro atoms. The topological polar surface area (TPSA) is 49.9 Å². The number of alkyl halides is 1. The van der Waals surface area contributed by atoms with Crippen molar-refractivity contribution >= 4 is 29.2 Å². The average Bonchev–Trinajstić information content (AvgIpc) is 2.93. The van der Waals surface area contributed by atoms with Crippen LogP contribution in [0.1, 0.15) is 20.3 Å². The zero-order valence-electron chi connectivity index (χ0n) is 12.6. The number of amides is 3. The van der Waals surface area contributed by atoms with Crippen molar-refractivity contribution in [3.05, 3.63) is 23.0 Å². The van der Waals surface area contributed by atoms with E-state index in [1.807, 2.05) is 0 Å². The lowest BCUT2D eigenvalue weighted by molar-refractivity contribution is -0.119. The van der Waals surface area contributed by atoms with Gasteiger partial charge >= 0.3 is 6.03 Å². The number of hydrogen-bond donors (Lipinski definition) is 0. The fraction of sp³-hybridized carbons (Fsp3) is 0.467. The van der Waals surface area contributed by atoms with Crippen LogP contribution < -0.4 is 9.64 Å². The maximum absolute atomic E-state index is 14.2. The minimum absolute atomic E-state index is 0.0448. The number of hydrogen-bond acceptors (Lipinski definition) is 3. The largest absolute Gasteiger partial charge is 0.489 e. The molecule has 2 aliphatic rings. The van der Waals surface area contributed by atoms with Gasteiger partial charge in [-0.05, 0) is 19.9 Å². The molecule has 1 aromatic rings. The Morgan fingerprint density at radius 3 is 2.65 bits per heavy atom. The van der Waals surface area contributed by atoms with E-state index in [-0.39, 0.29) is 35.5 Å². The highest BCUT2D eigenvalue weighted by Gasteiger charge is 2.52. The Bertz CT molecular complexity index is 659. The zero-order valence-corrected chi connectivity index (χ0v) is 13.3. The van der Waals surface area contributed by atoms with Crippen molar-refractivity contribution in [2.24, 2.45) is 0 Å². The number of urea groups is 1. The molecule has 8 heteroatoms. The number of fused-ring (bicyclic) bond motifs is 1. The summed E-state index contributed by atoms with van der Waals surface area (Å²) in [6.45, 7) is 3.38. The van der Waals surface area contributed by atoms with E-state index in [1.165, 1.54) is 6.07 Å². The summed E-state index contributed by atoms with van der Waals surface area (Å²) in [7, 11) is 0. The van der Waals surface area contributed by atoms with E-state index in [2.05, 4.69) is 0 Å². The molecule has 1 aromatic carbocycles.